The molecule has 2 aromatic rings. The first kappa shape index (κ1) is 11.0. The third kappa shape index (κ3) is 2.02. The van der Waals surface area contributed by atoms with Crippen LogP contribution >= 0.6 is 11.6 Å². The molecule has 1 heterocycles. The fraction of sp³-hybridized carbons (Fsp3) is 0.273. The van der Waals surface area contributed by atoms with E-state index in [9.17, 15) is 10.1 Å². The zero-order valence-electron chi connectivity index (χ0n) is 8.60. The summed E-state index contributed by atoms with van der Waals surface area (Å²) in [6.45, 7) is 0.838. The molecule has 0 aliphatic heterocycles. The van der Waals surface area contributed by atoms with E-state index in [1.807, 2.05) is 12.3 Å². The fourth-order valence-electron chi connectivity index (χ4n) is 1.73. The van der Waals surface area contributed by atoms with E-state index in [1.165, 1.54) is 6.07 Å². The lowest BCUT2D eigenvalue weighted by molar-refractivity contribution is -0.384. The van der Waals surface area contributed by atoms with Crippen molar-refractivity contribution in [1.82, 2.24) is 4.57 Å². The first-order valence-electron chi connectivity index (χ1n) is 5.01. The molecule has 4 nitrogen and oxygen atoms in total. The lowest BCUT2D eigenvalue weighted by Gasteiger charge is -2.02. The molecule has 0 fully saturated rings. The smallest absolute Gasteiger partial charge is 0.270 e. The van der Waals surface area contributed by atoms with Gasteiger partial charge in [-0.3, -0.25) is 10.1 Å². The second-order valence-corrected chi connectivity index (χ2v) is 3.93. The highest BCUT2D eigenvalue weighted by Crippen LogP contribution is 2.22. The van der Waals surface area contributed by atoms with E-state index in [4.69, 9.17) is 11.6 Å². The lowest BCUT2D eigenvalue weighted by atomic mass is 10.2. The van der Waals surface area contributed by atoms with Gasteiger partial charge in [0.05, 0.1) is 4.92 Å². The molecule has 16 heavy (non-hydrogen) atoms. The van der Waals surface area contributed by atoms with Crippen LogP contribution in [0.2, 0.25) is 0 Å². The zero-order valence-corrected chi connectivity index (χ0v) is 9.35. The van der Waals surface area contributed by atoms with Gasteiger partial charge in [-0.2, -0.15) is 0 Å². The Labute approximate surface area is 97.6 Å². The Morgan fingerprint density at radius 3 is 2.88 bits per heavy atom. The SMILES string of the molecule is O=[N+]([O-])c1ccc2c(ccn2CCCCl)c1. The van der Waals surface area contributed by atoms with Crippen molar-refractivity contribution in [2.45, 2.75) is 13.0 Å². The van der Waals surface area contributed by atoms with Crippen molar-refractivity contribution in [1.29, 1.82) is 0 Å². The number of halogens is 1. The molecule has 84 valence electrons. The number of fused-ring (bicyclic) bond motifs is 1. The van der Waals surface area contributed by atoms with E-state index in [0.717, 1.165) is 23.9 Å². The van der Waals surface area contributed by atoms with Gasteiger partial charge in [0, 0.05) is 41.7 Å². The van der Waals surface area contributed by atoms with Gasteiger partial charge in [-0.05, 0) is 18.6 Å². The van der Waals surface area contributed by atoms with Gasteiger partial charge < -0.3 is 4.57 Å². The van der Waals surface area contributed by atoms with Gasteiger partial charge in [0.25, 0.3) is 5.69 Å². The lowest BCUT2D eigenvalue weighted by Crippen LogP contribution is -1.96. The molecule has 0 amide bonds. The predicted octanol–water partition coefficient (Wildman–Crippen LogP) is 3.18. The number of nitro benzene ring substituents is 1. The first-order chi connectivity index (χ1) is 7.72. The van der Waals surface area contributed by atoms with Crippen LogP contribution in [0.3, 0.4) is 0 Å². The van der Waals surface area contributed by atoms with Gasteiger partial charge in [0.1, 0.15) is 0 Å². The summed E-state index contributed by atoms with van der Waals surface area (Å²) < 4.78 is 2.06. The van der Waals surface area contributed by atoms with E-state index in [-0.39, 0.29) is 10.6 Å². The summed E-state index contributed by atoms with van der Waals surface area (Å²) in [5, 5.41) is 11.5. The maximum Gasteiger partial charge on any atom is 0.270 e. The average molecular weight is 239 g/mol. The van der Waals surface area contributed by atoms with Gasteiger partial charge in [0.2, 0.25) is 0 Å². The summed E-state index contributed by atoms with van der Waals surface area (Å²) >= 11 is 5.63. The Morgan fingerprint density at radius 2 is 2.19 bits per heavy atom. The van der Waals surface area contributed by atoms with Crippen LogP contribution in [0.5, 0.6) is 0 Å². The molecule has 0 atom stereocenters. The summed E-state index contributed by atoms with van der Waals surface area (Å²) in [7, 11) is 0. The van der Waals surface area contributed by atoms with Crippen LogP contribution < -0.4 is 0 Å². The van der Waals surface area contributed by atoms with Crippen molar-refractivity contribution >= 4 is 28.2 Å². The molecule has 5 heteroatoms. The maximum absolute atomic E-state index is 10.6. The molecule has 0 aliphatic rings. The number of hydrogen-bond acceptors (Lipinski definition) is 2. The highest BCUT2D eigenvalue weighted by Gasteiger charge is 2.08. The minimum atomic E-state index is -0.379. The monoisotopic (exact) mass is 238 g/mol. The quantitative estimate of drug-likeness (QED) is 0.467. The zero-order chi connectivity index (χ0) is 11.5. The summed E-state index contributed by atoms with van der Waals surface area (Å²) in [5.74, 6) is 0.618. The van der Waals surface area contributed by atoms with Crippen LogP contribution in [-0.4, -0.2) is 15.4 Å². The number of nitro groups is 1. The maximum atomic E-state index is 10.6. The van der Waals surface area contributed by atoms with Crippen LogP contribution in [0, 0.1) is 10.1 Å². The summed E-state index contributed by atoms with van der Waals surface area (Å²) in [4.78, 5) is 10.2. The molecule has 0 saturated carbocycles. The molecular formula is C11H11ClN2O2. The highest BCUT2D eigenvalue weighted by atomic mass is 35.5. The summed E-state index contributed by atoms with van der Waals surface area (Å²) in [6.07, 6.45) is 2.82. The van der Waals surface area contributed by atoms with Crippen LogP contribution in [0.4, 0.5) is 5.69 Å². The number of alkyl halides is 1. The summed E-state index contributed by atoms with van der Waals surface area (Å²) in [5.41, 5.74) is 1.14. The number of non-ortho nitro benzene ring substituents is 1. The Morgan fingerprint density at radius 1 is 1.38 bits per heavy atom. The third-order valence-electron chi connectivity index (χ3n) is 2.50. The Hall–Kier alpha value is -1.55. The van der Waals surface area contributed by atoms with Crippen molar-refractivity contribution in [3.8, 4) is 0 Å². The standard InChI is InChI=1S/C11H11ClN2O2/c12-5-1-6-13-7-4-9-8-10(14(15)16)2-3-11(9)13/h2-4,7-8H,1,5-6H2. The van der Waals surface area contributed by atoms with Gasteiger partial charge in [-0.25, -0.2) is 0 Å². The number of aromatic nitrogens is 1. The third-order valence-corrected chi connectivity index (χ3v) is 2.77. The minimum absolute atomic E-state index is 0.127. The summed E-state index contributed by atoms with van der Waals surface area (Å²) in [6, 6.07) is 6.78. The highest BCUT2D eigenvalue weighted by molar-refractivity contribution is 6.17. The number of nitrogens with zero attached hydrogens (tertiary/aromatic N) is 2. The molecule has 0 spiro atoms. The number of hydrogen-bond donors (Lipinski definition) is 0. The Bertz CT molecular complexity index is 522. The van der Waals surface area contributed by atoms with Gasteiger partial charge in [-0.15, -0.1) is 11.6 Å². The molecule has 0 radical (unpaired) electrons. The molecule has 0 N–H and O–H groups in total. The largest absolute Gasteiger partial charge is 0.347 e. The Balaban J connectivity index is 2.38. The minimum Gasteiger partial charge on any atom is -0.347 e. The number of aryl methyl sites for hydroxylation is 1. The molecule has 0 aliphatic carbocycles. The Kier molecular flexibility index (Phi) is 3.10. The second-order valence-electron chi connectivity index (χ2n) is 3.55. The van der Waals surface area contributed by atoms with Crippen molar-refractivity contribution in [3.05, 3.63) is 40.6 Å². The molecule has 0 bridgehead atoms. The molecule has 0 unspecified atom stereocenters. The normalized spacial score (nSPS) is 10.8. The molecule has 0 saturated heterocycles. The second kappa shape index (κ2) is 4.53. The van der Waals surface area contributed by atoms with Crippen molar-refractivity contribution < 1.29 is 4.92 Å². The van der Waals surface area contributed by atoms with Crippen molar-refractivity contribution in [3.63, 3.8) is 0 Å². The van der Waals surface area contributed by atoms with Crippen molar-refractivity contribution in [2.75, 3.05) is 5.88 Å². The van der Waals surface area contributed by atoms with Gasteiger partial charge >= 0.3 is 0 Å². The van der Waals surface area contributed by atoms with Crippen molar-refractivity contribution in [2.24, 2.45) is 0 Å². The van der Waals surface area contributed by atoms with Gasteiger partial charge in [0.15, 0.2) is 0 Å². The van der Waals surface area contributed by atoms with E-state index in [2.05, 4.69) is 4.57 Å². The van der Waals surface area contributed by atoms with Crippen LogP contribution in [0.15, 0.2) is 30.5 Å². The molecule has 2 rings (SSSR count). The van der Waals surface area contributed by atoms with E-state index in [0.29, 0.717) is 5.88 Å². The van der Waals surface area contributed by atoms with Crippen LogP contribution in [-0.2, 0) is 6.54 Å². The van der Waals surface area contributed by atoms with Crippen LogP contribution in [0.1, 0.15) is 6.42 Å². The van der Waals surface area contributed by atoms with E-state index < -0.39 is 0 Å². The number of rotatable bonds is 4. The molecule has 1 aromatic carbocycles. The topological polar surface area (TPSA) is 48.1 Å². The average Bonchev–Trinajstić information content (AvgIpc) is 2.68. The first-order valence-corrected chi connectivity index (χ1v) is 5.55. The van der Waals surface area contributed by atoms with Crippen LogP contribution in [0.25, 0.3) is 10.9 Å². The molecular weight excluding hydrogens is 228 g/mol. The fourth-order valence-corrected chi connectivity index (χ4v) is 1.85. The number of benzene rings is 1. The van der Waals surface area contributed by atoms with E-state index in [1.54, 1.807) is 12.1 Å². The van der Waals surface area contributed by atoms with E-state index >= 15 is 0 Å². The van der Waals surface area contributed by atoms with Gasteiger partial charge in [-0.1, -0.05) is 0 Å². The molecule has 1 aromatic heterocycles. The predicted molar refractivity (Wildman–Crippen MR) is 63.9 cm³/mol.